The van der Waals surface area contributed by atoms with E-state index in [4.69, 9.17) is 4.74 Å². The summed E-state index contributed by atoms with van der Waals surface area (Å²) in [7, 11) is 1.54. The van der Waals surface area contributed by atoms with Gasteiger partial charge in [0, 0.05) is 23.7 Å². The van der Waals surface area contributed by atoms with E-state index in [2.05, 4.69) is 15.6 Å². The van der Waals surface area contributed by atoms with E-state index in [0.717, 1.165) is 16.5 Å². The first-order chi connectivity index (χ1) is 14.4. The molecule has 0 saturated carbocycles. The summed E-state index contributed by atoms with van der Waals surface area (Å²) in [5.41, 5.74) is 3.63. The van der Waals surface area contributed by atoms with Crippen LogP contribution in [0.1, 0.15) is 38.9 Å². The Balaban J connectivity index is 1.69. The average Bonchev–Trinajstić information content (AvgIpc) is 2.77. The van der Waals surface area contributed by atoms with Crippen LogP contribution in [0.25, 0.3) is 10.9 Å². The van der Waals surface area contributed by atoms with Gasteiger partial charge in [0.25, 0.3) is 11.8 Å². The van der Waals surface area contributed by atoms with E-state index in [1.807, 2.05) is 38.1 Å². The molecule has 0 aliphatic heterocycles. The number of carbonyl (C=O) groups excluding carboxylic acids is 3. The van der Waals surface area contributed by atoms with Crippen molar-refractivity contribution in [2.75, 3.05) is 19.0 Å². The van der Waals surface area contributed by atoms with Gasteiger partial charge in [-0.15, -0.1) is 0 Å². The lowest BCUT2D eigenvalue weighted by molar-refractivity contribution is -0.119. The maximum atomic E-state index is 12.7. The van der Waals surface area contributed by atoms with Gasteiger partial charge in [0.05, 0.1) is 16.8 Å². The van der Waals surface area contributed by atoms with E-state index >= 15 is 0 Å². The van der Waals surface area contributed by atoms with Crippen LogP contribution in [0.4, 0.5) is 5.69 Å². The molecule has 0 aliphatic rings. The van der Waals surface area contributed by atoms with Gasteiger partial charge in [-0.25, -0.2) is 4.79 Å². The summed E-state index contributed by atoms with van der Waals surface area (Å²) in [6, 6.07) is 14.0. The number of carbonyl (C=O) groups is 3. The number of fused-ring (bicyclic) bond motifs is 1. The Bertz CT molecular complexity index is 1110. The topological polar surface area (TPSA) is 97.4 Å². The van der Waals surface area contributed by atoms with Crippen LogP contribution in [0, 0.1) is 6.92 Å². The van der Waals surface area contributed by atoms with E-state index in [1.54, 1.807) is 31.3 Å². The first-order valence-electron chi connectivity index (χ1n) is 9.62. The van der Waals surface area contributed by atoms with E-state index in [-0.39, 0.29) is 5.91 Å². The Labute approximate surface area is 174 Å². The second-order valence-electron chi connectivity index (χ2n) is 6.71. The third kappa shape index (κ3) is 4.46. The molecule has 0 spiro atoms. The van der Waals surface area contributed by atoms with Crippen LogP contribution in [0.3, 0.4) is 0 Å². The Morgan fingerprint density at radius 2 is 1.73 bits per heavy atom. The number of rotatable bonds is 6. The summed E-state index contributed by atoms with van der Waals surface area (Å²) in [6.45, 7) is 3.35. The minimum absolute atomic E-state index is 0.215. The van der Waals surface area contributed by atoms with Gasteiger partial charge < -0.3 is 15.4 Å². The van der Waals surface area contributed by atoms with E-state index < -0.39 is 18.5 Å². The van der Waals surface area contributed by atoms with Crippen molar-refractivity contribution >= 4 is 34.4 Å². The molecule has 0 fully saturated rings. The number of esters is 1. The fourth-order valence-corrected chi connectivity index (χ4v) is 3.22. The molecule has 0 atom stereocenters. The molecular weight excluding hydrogens is 382 g/mol. The molecule has 154 valence electrons. The van der Waals surface area contributed by atoms with Gasteiger partial charge in [0.15, 0.2) is 6.61 Å². The standard InChI is InChI=1S/C23H23N3O4/c1-4-18-21(14(2)17-7-5-6-8-19(17)26-18)23(29)30-13-20(27)25-16-11-9-15(10-12-16)22(28)24-3/h5-12H,4,13H2,1-3H3,(H,24,28)(H,25,27). The molecule has 1 heterocycles. The normalized spacial score (nSPS) is 10.5. The highest BCUT2D eigenvalue weighted by Crippen LogP contribution is 2.24. The average molecular weight is 405 g/mol. The van der Waals surface area contributed by atoms with Gasteiger partial charge >= 0.3 is 5.97 Å². The Kier molecular flexibility index (Phi) is 6.41. The van der Waals surface area contributed by atoms with Crippen LogP contribution < -0.4 is 10.6 Å². The van der Waals surface area contributed by atoms with Crippen molar-refractivity contribution in [1.29, 1.82) is 0 Å². The second kappa shape index (κ2) is 9.17. The van der Waals surface area contributed by atoms with Gasteiger partial charge in [-0.2, -0.15) is 0 Å². The lowest BCUT2D eigenvalue weighted by Gasteiger charge is -2.13. The minimum atomic E-state index is -0.576. The molecule has 2 amide bonds. The lowest BCUT2D eigenvalue weighted by atomic mass is 10.0. The number of amides is 2. The van der Waals surface area contributed by atoms with Crippen LogP contribution in [0.5, 0.6) is 0 Å². The number of benzene rings is 2. The quantitative estimate of drug-likeness (QED) is 0.614. The minimum Gasteiger partial charge on any atom is -0.452 e. The van der Waals surface area contributed by atoms with Crippen LogP contribution in [0.15, 0.2) is 48.5 Å². The number of nitrogens with zero attached hydrogens (tertiary/aromatic N) is 1. The molecule has 2 N–H and O–H groups in total. The van der Waals surface area contributed by atoms with Crippen molar-refractivity contribution in [2.45, 2.75) is 20.3 Å². The molecule has 1 aromatic heterocycles. The first kappa shape index (κ1) is 21.0. The zero-order valence-corrected chi connectivity index (χ0v) is 17.1. The van der Waals surface area contributed by atoms with Gasteiger partial charge in [0.1, 0.15) is 0 Å². The predicted octanol–water partition coefficient (Wildman–Crippen LogP) is 3.26. The molecule has 0 radical (unpaired) electrons. The number of nitrogens with one attached hydrogen (secondary N) is 2. The third-order valence-electron chi connectivity index (χ3n) is 4.76. The second-order valence-corrected chi connectivity index (χ2v) is 6.71. The number of anilines is 1. The fourth-order valence-electron chi connectivity index (χ4n) is 3.22. The zero-order chi connectivity index (χ0) is 21.7. The van der Waals surface area contributed by atoms with Crippen LogP contribution in [0.2, 0.25) is 0 Å². The summed E-state index contributed by atoms with van der Waals surface area (Å²) in [5.74, 6) is -1.26. The predicted molar refractivity (Wildman–Crippen MR) is 115 cm³/mol. The van der Waals surface area contributed by atoms with Crippen molar-refractivity contribution in [3.05, 3.63) is 70.9 Å². The maximum Gasteiger partial charge on any atom is 0.340 e. The molecular formula is C23H23N3O4. The molecule has 0 aliphatic carbocycles. The molecule has 2 aromatic carbocycles. The van der Waals surface area contributed by atoms with Crippen molar-refractivity contribution in [3.63, 3.8) is 0 Å². The van der Waals surface area contributed by atoms with E-state index in [9.17, 15) is 14.4 Å². The zero-order valence-electron chi connectivity index (χ0n) is 17.1. The number of hydrogen-bond donors (Lipinski definition) is 2. The van der Waals surface area contributed by atoms with Crippen LogP contribution >= 0.6 is 0 Å². The van der Waals surface area contributed by atoms with Crippen LogP contribution in [-0.4, -0.2) is 36.4 Å². The number of ether oxygens (including phenoxy) is 1. The molecule has 30 heavy (non-hydrogen) atoms. The Morgan fingerprint density at radius 3 is 2.40 bits per heavy atom. The SMILES string of the molecule is CCc1nc2ccccc2c(C)c1C(=O)OCC(=O)Nc1ccc(C(=O)NC)cc1. The highest BCUT2D eigenvalue weighted by atomic mass is 16.5. The molecule has 3 aromatic rings. The first-order valence-corrected chi connectivity index (χ1v) is 9.62. The summed E-state index contributed by atoms with van der Waals surface area (Å²) in [5, 5.41) is 6.05. The number of para-hydroxylation sites is 1. The number of aromatic nitrogens is 1. The van der Waals surface area contributed by atoms with E-state index in [0.29, 0.717) is 28.9 Å². The number of pyridine rings is 1. The van der Waals surface area contributed by atoms with Gasteiger partial charge in [-0.05, 0) is 49.2 Å². The highest BCUT2D eigenvalue weighted by molar-refractivity contribution is 6.00. The van der Waals surface area contributed by atoms with Crippen molar-refractivity contribution < 1.29 is 19.1 Å². The third-order valence-corrected chi connectivity index (χ3v) is 4.76. The summed E-state index contributed by atoms with van der Waals surface area (Å²) < 4.78 is 5.26. The van der Waals surface area contributed by atoms with Crippen LogP contribution in [-0.2, 0) is 16.0 Å². The smallest absolute Gasteiger partial charge is 0.340 e. The lowest BCUT2D eigenvalue weighted by Crippen LogP contribution is -2.22. The molecule has 7 nitrogen and oxygen atoms in total. The highest BCUT2D eigenvalue weighted by Gasteiger charge is 2.20. The molecule has 0 unspecified atom stereocenters. The number of aryl methyl sites for hydroxylation is 2. The molecule has 3 rings (SSSR count). The Morgan fingerprint density at radius 1 is 1.03 bits per heavy atom. The summed E-state index contributed by atoms with van der Waals surface area (Å²) in [6.07, 6.45) is 0.569. The Hall–Kier alpha value is -3.74. The monoisotopic (exact) mass is 405 g/mol. The van der Waals surface area contributed by atoms with Gasteiger partial charge in [-0.3, -0.25) is 14.6 Å². The molecule has 0 bridgehead atoms. The summed E-state index contributed by atoms with van der Waals surface area (Å²) >= 11 is 0. The largest absolute Gasteiger partial charge is 0.452 e. The van der Waals surface area contributed by atoms with Crippen molar-refractivity contribution in [2.24, 2.45) is 0 Å². The van der Waals surface area contributed by atoms with Gasteiger partial charge in [-0.1, -0.05) is 25.1 Å². The van der Waals surface area contributed by atoms with Crippen molar-refractivity contribution in [1.82, 2.24) is 10.3 Å². The number of hydrogen-bond acceptors (Lipinski definition) is 5. The summed E-state index contributed by atoms with van der Waals surface area (Å²) in [4.78, 5) is 41.0. The molecule has 7 heteroatoms. The van der Waals surface area contributed by atoms with Gasteiger partial charge in [0.2, 0.25) is 0 Å². The van der Waals surface area contributed by atoms with E-state index in [1.165, 1.54) is 0 Å². The maximum absolute atomic E-state index is 12.7. The fraction of sp³-hybridized carbons (Fsp3) is 0.217. The molecule has 0 saturated heterocycles. The van der Waals surface area contributed by atoms with Crippen molar-refractivity contribution in [3.8, 4) is 0 Å².